The Morgan fingerprint density at radius 2 is 1.54 bits per heavy atom. The van der Waals surface area contributed by atoms with Crippen LogP contribution in [0.15, 0.2) is 120 Å². The van der Waals surface area contributed by atoms with Crippen molar-refractivity contribution in [2.75, 3.05) is 0 Å². The molecule has 1 aromatic rings. The third-order valence-corrected chi connectivity index (χ3v) is 8.91. The van der Waals surface area contributed by atoms with E-state index in [-0.39, 0.29) is 5.92 Å². The van der Waals surface area contributed by atoms with Gasteiger partial charge >= 0.3 is 0 Å². The van der Waals surface area contributed by atoms with E-state index >= 15 is 0 Å². The predicted octanol–water partition coefficient (Wildman–Crippen LogP) is 11.7. The molecule has 0 bridgehead atoms. The van der Waals surface area contributed by atoms with Crippen molar-refractivity contribution in [1.29, 1.82) is 0 Å². The lowest BCUT2D eigenvalue weighted by Gasteiger charge is -2.31. The first-order valence-corrected chi connectivity index (χ1v) is 17.7. The highest BCUT2D eigenvalue weighted by Gasteiger charge is 2.24. The van der Waals surface area contributed by atoms with Crippen LogP contribution < -0.4 is 5.73 Å². The molecule has 1 aliphatic carbocycles. The van der Waals surface area contributed by atoms with Gasteiger partial charge in [-0.1, -0.05) is 153 Å². The molecule has 0 spiro atoms. The second-order valence-electron chi connectivity index (χ2n) is 12.8. The fourth-order valence-electron chi connectivity index (χ4n) is 6.45. The van der Waals surface area contributed by atoms with E-state index in [1.807, 2.05) is 19.1 Å². The first-order valence-electron chi connectivity index (χ1n) is 17.7. The molecule has 1 aliphatic rings. The van der Waals surface area contributed by atoms with E-state index in [2.05, 4.69) is 99.6 Å². The van der Waals surface area contributed by atoms with E-state index in [0.29, 0.717) is 12.8 Å². The first kappa shape index (κ1) is 38.9. The highest BCUT2D eigenvalue weighted by atomic mass is 14.7. The summed E-state index contributed by atoms with van der Waals surface area (Å²) in [6.45, 7) is 14.1. The van der Waals surface area contributed by atoms with E-state index in [4.69, 9.17) is 13.6 Å². The Balaban J connectivity index is 2.20. The summed E-state index contributed by atoms with van der Waals surface area (Å²) < 4.78 is 0. The Labute approximate surface area is 284 Å². The monoisotopic (exact) mass is 613 g/mol. The molecule has 2 radical (unpaired) electrons. The minimum Gasteiger partial charge on any atom is -0.333 e. The van der Waals surface area contributed by atoms with Crippen molar-refractivity contribution < 1.29 is 0 Å². The molecule has 244 valence electrons. The highest BCUT2D eigenvalue weighted by molar-refractivity contribution is 6.15. The molecule has 1 unspecified atom stereocenters. The predicted molar refractivity (Wildman–Crippen MR) is 206 cm³/mol. The van der Waals surface area contributed by atoms with E-state index in [1.165, 1.54) is 61.7 Å². The number of nitrogens with two attached hydrogens (primary N) is 1. The second kappa shape index (κ2) is 23.1. The van der Waals surface area contributed by atoms with E-state index in [1.54, 1.807) is 23.3 Å². The smallest absolute Gasteiger partial charge is 0.0955 e. The molecule has 1 atom stereocenters. The average Bonchev–Trinajstić information content (AvgIpc) is 3.03. The second-order valence-corrected chi connectivity index (χ2v) is 12.8. The van der Waals surface area contributed by atoms with Gasteiger partial charge in [0.1, 0.15) is 0 Å². The van der Waals surface area contributed by atoms with Gasteiger partial charge < -0.3 is 5.73 Å². The molecule has 0 aliphatic heterocycles. The van der Waals surface area contributed by atoms with Crippen LogP contribution in [0.4, 0.5) is 0 Å². The van der Waals surface area contributed by atoms with Crippen LogP contribution in [0.25, 0.3) is 0 Å². The van der Waals surface area contributed by atoms with Crippen LogP contribution in [0.3, 0.4) is 0 Å². The summed E-state index contributed by atoms with van der Waals surface area (Å²) in [7, 11) is 6.92. The molecule has 2 rings (SSSR count). The quantitative estimate of drug-likeness (QED) is 0.0482. The average molecular weight is 614 g/mol. The lowest BCUT2D eigenvalue weighted by Crippen LogP contribution is -2.42. The van der Waals surface area contributed by atoms with Crippen molar-refractivity contribution in [2.24, 2.45) is 11.7 Å². The van der Waals surface area contributed by atoms with Crippen molar-refractivity contribution in [1.82, 2.24) is 0 Å². The van der Waals surface area contributed by atoms with Crippen molar-refractivity contribution in [3.05, 3.63) is 132 Å². The fourth-order valence-corrected chi connectivity index (χ4v) is 6.45. The summed E-state index contributed by atoms with van der Waals surface area (Å²) in [5.74, 6) is 6.52. The van der Waals surface area contributed by atoms with Crippen molar-refractivity contribution in [3.63, 3.8) is 0 Å². The Bertz CT molecular complexity index is 1300. The fraction of sp³-hybridized carbons (Fsp3) is 0.455. The maximum atomic E-state index is 6.92. The molecule has 0 saturated carbocycles. The largest absolute Gasteiger partial charge is 0.333 e. The summed E-state index contributed by atoms with van der Waals surface area (Å²) in [6, 6.07) is 8.53. The van der Waals surface area contributed by atoms with Crippen molar-refractivity contribution in [3.8, 4) is 11.8 Å². The highest BCUT2D eigenvalue weighted by Crippen LogP contribution is 2.31. The number of allylic oxidation sites excluding steroid dienone is 13. The molecule has 0 fully saturated rings. The van der Waals surface area contributed by atoms with Gasteiger partial charge in [0.25, 0.3) is 0 Å². The van der Waals surface area contributed by atoms with Gasteiger partial charge in [-0.15, -0.1) is 5.92 Å². The topological polar surface area (TPSA) is 26.0 Å². The molecule has 1 aromatic carbocycles. The number of rotatable bonds is 21. The standard InChI is InChI=1S/C44H60BN/c1-6-11-25-37(26-12-7-2)35-44(45,46)36-43(38(10-5)34-42-32-23-22-31-39(42)24-9-4)33-21-17-16-20-30-41-29-19-15-14-18-28-40(41)27-13-8-3/h6-7,11-12,14-15,18-19,22-23,25-26,31-32,37H,1-2,8,10,13,16-17,20-21,27-30,33-36,46H2,3-5H3/b18-14-,19-15-,25-11-,26-12-,41-40+,43-38+. The van der Waals surface area contributed by atoms with Crippen molar-refractivity contribution in [2.45, 2.75) is 123 Å². The lowest BCUT2D eigenvalue weighted by atomic mass is 9.67. The van der Waals surface area contributed by atoms with Gasteiger partial charge in [-0.2, -0.15) is 0 Å². The Kier molecular flexibility index (Phi) is 19.5. The Morgan fingerprint density at radius 1 is 0.913 bits per heavy atom. The molecule has 0 saturated heterocycles. The maximum absolute atomic E-state index is 6.92. The summed E-state index contributed by atoms with van der Waals surface area (Å²) in [4.78, 5) is 0. The van der Waals surface area contributed by atoms with Gasteiger partial charge in [-0.3, -0.25) is 0 Å². The zero-order chi connectivity index (χ0) is 33.5. The Morgan fingerprint density at radius 3 is 2.15 bits per heavy atom. The summed E-state index contributed by atoms with van der Waals surface area (Å²) in [5, 5.41) is 0. The van der Waals surface area contributed by atoms with Crippen LogP contribution in [0.5, 0.6) is 0 Å². The van der Waals surface area contributed by atoms with E-state index in [0.717, 1.165) is 44.1 Å². The zero-order valence-electron chi connectivity index (χ0n) is 29.3. The van der Waals surface area contributed by atoms with Crippen LogP contribution in [0.1, 0.15) is 122 Å². The van der Waals surface area contributed by atoms with Gasteiger partial charge in [0.2, 0.25) is 0 Å². The van der Waals surface area contributed by atoms with E-state index < -0.39 is 5.44 Å². The normalized spacial score (nSPS) is 18.4. The summed E-state index contributed by atoms with van der Waals surface area (Å²) in [5.41, 5.74) is 14.7. The lowest BCUT2D eigenvalue weighted by molar-refractivity contribution is 0.486. The van der Waals surface area contributed by atoms with Gasteiger partial charge in [0, 0.05) is 5.56 Å². The Hall–Kier alpha value is -3.28. The summed E-state index contributed by atoms with van der Waals surface area (Å²) >= 11 is 0. The van der Waals surface area contributed by atoms with Crippen LogP contribution in [-0.2, 0) is 6.42 Å². The van der Waals surface area contributed by atoms with Crippen molar-refractivity contribution >= 4 is 7.85 Å². The molecular formula is C44H60BN. The summed E-state index contributed by atoms with van der Waals surface area (Å²) in [6.07, 6.45) is 37.3. The minimum absolute atomic E-state index is 0.119. The van der Waals surface area contributed by atoms with Gasteiger partial charge in [0.05, 0.1) is 7.85 Å². The molecule has 46 heavy (non-hydrogen) atoms. The molecule has 2 heteroatoms. The third-order valence-electron chi connectivity index (χ3n) is 8.91. The molecule has 1 nitrogen and oxygen atoms in total. The van der Waals surface area contributed by atoms with Crippen LogP contribution in [-0.4, -0.2) is 13.3 Å². The SMILES string of the molecule is [B]C(N)(C/C(CCCCCC/C1=C(\CCCC)C/C=C\C=C/C1)=C(\CC)Cc1ccccc1C#CC)CC(/C=C\C=C)/C=C\C=C. The minimum atomic E-state index is -0.832. The van der Waals surface area contributed by atoms with Gasteiger partial charge in [-0.05, 0) is 107 Å². The van der Waals surface area contributed by atoms with Gasteiger partial charge in [0.15, 0.2) is 0 Å². The number of unbranched alkanes of at least 4 members (excludes halogenated alkanes) is 4. The van der Waals surface area contributed by atoms with Crippen LogP contribution in [0, 0.1) is 17.8 Å². The first-order chi connectivity index (χ1) is 22.4. The number of benzene rings is 1. The third kappa shape index (κ3) is 15.3. The van der Waals surface area contributed by atoms with Crippen LogP contribution in [0.2, 0.25) is 0 Å². The zero-order valence-corrected chi connectivity index (χ0v) is 29.3. The molecular weight excluding hydrogens is 553 g/mol. The molecule has 0 amide bonds. The molecule has 0 aromatic heterocycles. The molecule has 0 heterocycles. The maximum Gasteiger partial charge on any atom is 0.0955 e. The number of hydrogen-bond acceptors (Lipinski definition) is 1. The van der Waals surface area contributed by atoms with E-state index in [9.17, 15) is 0 Å². The number of hydrogen-bond donors (Lipinski definition) is 1. The molecule has 2 N–H and O–H groups in total. The van der Waals surface area contributed by atoms with Gasteiger partial charge in [-0.25, -0.2) is 0 Å². The van der Waals surface area contributed by atoms with Crippen LogP contribution >= 0.6 is 0 Å².